The van der Waals surface area contributed by atoms with Crippen LogP contribution in [0.2, 0.25) is 5.28 Å². The zero-order valence-electron chi connectivity index (χ0n) is 9.03. The second-order valence-electron chi connectivity index (χ2n) is 3.56. The number of nitrogens with one attached hydrogen (secondary N) is 2. The molecule has 16 heavy (non-hydrogen) atoms. The van der Waals surface area contributed by atoms with Crippen molar-refractivity contribution in [3.63, 3.8) is 0 Å². The predicted molar refractivity (Wildman–Crippen MR) is 68.4 cm³/mol. The highest BCUT2D eigenvalue weighted by Crippen LogP contribution is 2.20. The molecule has 0 saturated carbocycles. The van der Waals surface area contributed by atoms with Crippen LogP contribution < -0.4 is 10.6 Å². The molecule has 88 valence electrons. The van der Waals surface area contributed by atoms with Gasteiger partial charge in [-0.3, -0.25) is 0 Å². The van der Waals surface area contributed by atoms with E-state index in [0.717, 1.165) is 12.2 Å². The van der Waals surface area contributed by atoms with Crippen molar-refractivity contribution in [2.75, 3.05) is 29.2 Å². The van der Waals surface area contributed by atoms with Crippen molar-refractivity contribution in [1.82, 2.24) is 15.0 Å². The van der Waals surface area contributed by atoms with Gasteiger partial charge in [0.05, 0.1) is 0 Å². The van der Waals surface area contributed by atoms with Crippen molar-refractivity contribution < 1.29 is 0 Å². The summed E-state index contributed by atoms with van der Waals surface area (Å²) in [6, 6.07) is 0.432. The van der Waals surface area contributed by atoms with E-state index >= 15 is 0 Å². The Labute approximate surface area is 104 Å². The molecular weight excluding hydrogens is 246 g/mol. The lowest BCUT2D eigenvalue weighted by molar-refractivity contribution is 0.678. The van der Waals surface area contributed by atoms with Crippen molar-refractivity contribution in [3.8, 4) is 0 Å². The van der Waals surface area contributed by atoms with Crippen molar-refractivity contribution in [2.24, 2.45) is 0 Å². The first-order chi connectivity index (χ1) is 7.78. The van der Waals surface area contributed by atoms with E-state index in [1.165, 1.54) is 12.2 Å². The molecule has 2 N–H and O–H groups in total. The van der Waals surface area contributed by atoms with E-state index in [0.29, 0.717) is 17.9 Å². The van der Waals surface area contributed by atoms with E-state index in [9.17, 15) is 0 Å². The van der Waals surface area contributed by atoms with Crippen molar-refractivity contribution in [2.45, 2.75) is 18.9 Å². The van der Waals surface area contributed by atoms with Crippen LogP contribution in [-0.4, -0.2) is 39.5 Å². The van der Waals surface area contributed by atoms with Crippen LogP contribution in [-0.2, 0) is 0 Å². The summed E-state index contributed by atoms with van der Waals surface area (Å²) >= 11 is 7.75. The van der Waals surface area contributed by atoms with Gasteiger partial charge in [0.25, 0.3) is 0 Å². The fraction of sp³-hybridized carbons (Fsp3) is 0.667. The van der Waals surface area contributed by atoms with Gasteiger partial charge >= 0.3 is 0 Å². The Balaban J connectivity index is 2.04. The van der Waals surface area contributed by atoms with Crippen molar-refractivity contribution >= 4 is 35.3 Å². The third kappa shape index (κ3) is 3.12. The number of thioether (sulfide) groups is 1. The van der Waals surface area contributed by atoms with E-state index < -0.39 is 0 Å². The first kappa shape index (κ1) is 11.7. The minimum Gasteiger partial charge on any atom is -0.357 e. The third-order valence-corrected chi connectivity index (χ3v) is 3.71. The molecule has 0 aromatic carbocycles. The molecule has 1 aromatic heterocycles. The lowest BCUT2D eigenvalue weighted by atomic mass is 10.2. The molecule has 7 heteroatoms. The number of anilines is 2. The molecule has 0 radical (unpaired) electrons. The Kier molecular flexibility index (Phi) is 4.06. The van der Waals surface area contributed by atoms with Gasteiger partial charge in [0, 0.05) is 18.8 Å². The Morgan fingerprint density at radius 2 is 2.12 bits per heavy atom. The highest BCUT2D eigenvalue weighted by atomic mass is 35.5. The summed E-state index contributed by atoms with van der Waals surface area (Å²) in [6.07, 6.45) is 2.39. The maximum Gasteiger partial charge on any atom is 0.229 e. The molecule has 1 unspecified atom stereocenters. The molecule has 1 aliphatic heterocycles. The maximum absolute atomic E-state index is 5.80. The van der Waals surface area contributed by atoms with Crippen LogP contribution in [0.15, 0.2) is 0 Å². The highest BCUT2D eigenvalue weighted by Gasteiger charge is 2.15. The second kappa shape index (κ2) is 5.54. The number of rotatable bonds is 3. The molecule has 0 amide bonds. The Morgan fingerprint density at radius 3 is 2.81 bits per heavy atom. The minimum absolute atomic E-state index is 0.213. The van der Waals surface area contributed by atoms with E-state index in [1.54, 1.807) is 7.05 Å². The second-order valence-corrected chi connectivity index (χ2v) is 5.05. The molecule has 1 atom stereocenters. The topological polar surface area (TPSA) is 62.7 Å². The van der Waals surface area contributed by atoms with Gasteiger partial charge in [-0.05, 0) is 30.2 Å². The van der Waals surface area contributed by atoms with E-state index in [1.807, 2.05) is 11.8 Å². The smallest absolute Gasteiger partial charge is 0.229 e. The zero-order chi connectivity index (χ0) is 11.4. The van der Waals surface area contributed by atoms with Crippen LogP contribution >= 0.6 is 23.4 Å². The monoisotopic (exact) mass is 259 g/mol. The van der Waals surface area contributed by atoms with Crippen LogP contribution in [0.4, 0.5) is 11.9 Å². The minimum atomic E-state index is 0.213. The maximum atomic E-state index is 5.80. The Bertz CT molecular complexity index is 356. The highest BCUT2D eigenvalue weighted by molar-refractivity contribution is 7.99. The standard InChI is InChI=1S/C9H14ClN5S/c1-11-8-13-7(10)14-9(15-8)12-6-3-2-4-16-5-6/h6H,2-5H2,1H3,(H2,11,12,13,14,15). The van der Waals surface area contributed by atoms with E-state index in [2.05, 4.69) is 25.6 Å². The molecule has 0 aliphatic carbocycles. The molecule has 0 spiro atoms. The largest absolute Gasteiger partial charge is 0.357 e. The lowest BCUT2D eigenvalue weighted by Gasteiger charge is -2.22. The fourth-order valence-corrected chi connectivity index (χ4v) is 2.80. The summed E-state index contributed by atoms with van der Waals surface area (Å²) in [5, 5.41) is 6.36. The first-order valence-corrected chi connectivity index (χ1v) is 6.75. The first-order valence-electron chi connectivity index (χ1n) is 5.21. The summed E-state index contributed by atoms with van der Waals surface area (Å²) in [4.78, 5) is 12.2. The quantitative estimate of drug-likeness (QED) is 0.864. The average molecular weight is 260 g/mol. The molecule has 2 rings (SSSR count). The normalized spacial score (nSPS) is 20.5. The van der Waals surface area contributed by atoms with Crippen LogP contribution in [0.5, 0.6) is 0 Å². The van der Waals surface area contributed by atoms with Crippen LogP contribution in [0.1, 0.15) is 12.8 Å². The van der Waals surface area contributed by atoms with Crippen LogP contribution in [0, 0.1) is 0 Å². The van der Waals surface area contributed by atoms with Gasteiger partial charge in [0.15, 0.2) is 0 Å². The Morgan fingerprint density at radius 1 is 1.31 bits per heavy atom. The van der Waals surface area contributed by atoms with Crippen LogP contribution in [0.3, 0.4) is 0 Å². The molecule has 1 fully saturated rings. The van der Waals surface area contributed by atoms with Crippen LogP contribution in [0.25, 0.3) is 0 Å². The Hall–Kier alpha value is -0.750. The fourth-order valence-electron chi connectivity index (χ4n) is 1.56. The summed E-state index contributed by atoms with van der Waals surface area (Å²) in [7, 11) is 1.76. The molecule has 1 aromatic rings. The van der Waals surface area contributed by atoms with E-state index in [-0.39, 0.29) is 5.28 Å². The zero-order valence-corrected chi connectivity index (χ0v) is 10.6. The van der Waals surface area contributed by atoms with Gasteiger partial charge < -0.3 is 10.6 Å². The van der Waals surface area contributed by atoms with Crippen molar-refractivity contribution in [1.29, 1.82) is 0 Å². The average Bonchev–Trinajstić information content (AvgIpc) is 2.29. The SMILES string of the molecule is CNc1nc(Cl)nc(NC2CCCSC2)n1. The number of hydrogen-bond donors (Lipinski definition) is 2. The van der Waals surface area contributed by atoms with Gasteiger partial charge in [-0.25, -0.2) is 0 Å². The molecule has 5 nitrogen and oxygen atoms in total. The van der Waals surface area contributed by atoms with E-state index in [4.69, 9.17) is 11.6 Å². The summed E-state index contributed by atoms with van der Waals surface area (Å²) < 4.78 is 0. The van der Waals surface area contributed by atoms with Crippen molar-refractivity contribution in [3.05, 3.63) is 5.28 Å². The summed E-state index contributed by atoms with van der Waals surface area (Å²) in [6.45, 7) is 0. The summed E-state index contributed by atoms with van der Waals surface area (Å²) in [5.74, 6) is 3.39. The van der Waals surface area contributed by atoms with Gasteiger partial charge in [0.1, 0.15) is 0 Å². The molecule has 0 bridgehead atoms. The molecular formula is C9H14ClN5S. The van der Waals surface area contributed by atoms with Gasteiger partial charge in [-0.2, -0.15) is 26.7 Å². The van der Waals surface area contributed by atoms with Gasteiger partial charge in [-0.15, -0.1) is 0 Å². The van der Waals surface area contributed by atoms with Gasteiger partial charge in [0.2, 0.25) is 17.2 Å². The predicted octanol–water partition coefficient (Wildman–Crippen LogP) is 1.87. The number of hydrogen-bond acceptors (Lipinski definition) is 6. The number of halogens is 1. The summed E-state index contributed by atoms with van der Waals surface area (Å²) in [5.41, 5.74) is 0. The molecule has 2 heterocycles. The molecule has 1 aliphatic rings. The number of nitrogens with zero attached hydrogens (tertiary/aromatic N) is 3. The molecule has 1 saturated heterocycles. The van der Waals surface area contributed by atoms with Gasteiger partial charge in [-0.1, -0.05) is 0 Å². The third-order valence-electron chi connectivity index (χ3n) is 2.33. The lowest BCUT2D eigenvalue weighted by Crippen LogP contribution is -2.27. The number of aromatic nitrogens is 3.